The molecule has 0 atom stereocenters. The molecule has 2 heterocycles. The van der Waals surface area contributed by atoms with Gasteiger partial charge in [0.2, 0.25) is 0 Å². The lowest BCUT2D eigenvalue weighted by Gasteiger charge is -2.14. The molecule has 0 bridgehead atoms. The summed E-state index contributed by atoms with van der Waals surface area (Å²) in [5.41, 5.74) is 3.59. The molecular weight excluding hydrogens is 439 g/mol. The highest BCUT2D eigenvalue weighted by molar-refractivity contribution is 7.99. The van der Waals surface area contributed by atoms with Gasteiger partial charge in [-0.25, -0.2) is 4.79 Å². The Morgan fingerprint density at radius 3 is 2.37 bits per heavy atom. The number of nitrogens with zero attached hydrogens (tertiary/aromatic N) is 2. The monoisotopic (exact) mass is 462 g/mol. The van der Waals surface area contributed by atoms with Crippen LogP contribution in [0.5, 0.6) is 0 Å². The normalized spacial score (nSPS) is 11.2. The number of carbonyl (C=O) groups excluding carboxylic acids is 1. The zero-order chi connectivity index (χ0) is 21.8. The van der Waals surface area contributed by atoms with Crippen molar-refractivity contribution >= 4 is 40.9 Å². The van der Waals surface area contributed by atoms with Crippen LogP contribution in [-0.4, -0.2) is 22.1 Å². The summed E-state index contributed by atoms with van der Waals surface area (Å²) in [5, 5.41) is 2.14. The van der Waals surface area contributed by atoms with Crippen LogP contribution in [0.15, 0.2) is 52.6 Å². The van der Waals surface area contributed by atoms with Crippen LogP contribution in [-0.2, 0) is 11.3 Å². The van der Waals surface area contributed by atoms with Gasteiger partial charge >= 0.3 is 5.97 Å². The highest BCUT2D eigenvalue weighted by atomic mass is 35.5. The van der Waals surface area contributed by atoms with E-state index in [9.17, 15) is 4.79 Å². The molecule has 1 aromatic carbocycles. The van der Waals surface area contributed by atoms with Crippen LogP contribution >= 0.6 is 35.0 Å². The highest BCUT2D eigenvalue weighted by Crippen LogP contribution is 2.41. The van der Waals surface area contributed by atoms with Crippen LogP contribution < -0.4 is 0 Å². The molecule has 3 rings (SSSR count). The average Bonchev–Trinajstić information content (AvgIpc) is 2.94. The van der Waals surface area contributed by atoms with Gasteiger partial charge in [0.05, 0.1) is 17.2 Å². The fourth-order valence-electron chi connectivity index (χ4n) is 3.40. The van der Waals surface area contributed by atoms with E-state index in [0.717, 1.165) is 26.7 Å². The molecule has 2 aromatic heterocycles. The van der Waals surface area contributed by atoms with Gasteiger partial charge < -0.3 is 9.30 Å². The van der Waals surface area contributed by atoms with Gasteiger partial charge in [-0.15, -0.1) is 0 Å². The van der Waals surface area contributed by atoms with Crippen molar-refractivity contribution in [1.29, 1.82) is 0 Å². The first-order valence-corrected chi connectivity index (χ1v) is 11.3. The van der Waals surface area contributed by atoms with Crippen molar-refractivity contribution in [2.45, 2.75) is 50.1 Å². The summed E-state index contributed by atoms with van der Waals surface area (Å²) in [6, 6.07) is 9.42. The number of pyridine rings is 1. The molecule has 0 fully saturated rings. The predicted molar refractivity (Wildman–Crippen MR) is 123 cm³/mol. The minimum atomic E-state index is -0.293. The molecule has 0 spiro atoms. The number of hydrogen-bond acceptors (Lipinski definition) is 4. The summed E-state index contributed by atoms with van der Waals surface area (Å²) in [7, 11) is 0. The van der Waals surface area contributed by atoms with Crippen LogP contribution in [0.25, 0.3) is 0 Å². The maximum absolute atomic E-state index is 12.9. The first-order valence-electron chi connectivity index (χ1n) is 9.74. The highest BCUT2D eigenvalue weighted by Gasteiger charge is 2.28. The van der Waals surface area contributed by atoms with Crippen molar-refractivity contribution in [3.05, 3.63) is 75.2 Å². The van der Waals surface area contributed by atoms with Gasteiger partial charge in [0.25, 0.3) is 0 Å². The molecule has 0 aliphatic carbocycles. The zero-order valence-electron chi connectivity index (χ0n) is 17.4. The summed E-state index contributed by atoms with van der Waals surface area (Å²) < 4.78 is 7.56. The molecule has 0 amide bonds. The van der Waals surface area contributed by atoms with Gasteiger partial charge in [0.15, 0.2) is 0 Å². The van der Waals surface area contributed by atoms with Crippen LogP contribution in [0.4, 0.5) is 0 Å². The standard InChI is InChI=1S/C23H24Cl2N2O2S/c1-5-29-23(28)21-15(4)27(13-16-6-8-26-9-7-16)22(20(21)14(2)3)30-19-11-17(24)10-18(25)12-19/h6-12,14H,5,13H2,1-4H3. The summed E-state index contributed by atoms with van der Waals surface area (Å²) in [4.78, 5) is 17.9. The number of hydrogen-bond donors (Lipinski definition) is 0. The first kappa shape index (κ1) is 22.7. The molecule has 0 radical (unpaired) electrons. The van der Waals surface area contributed by atoms with Gasteiger partial charge in [-0.3, -0.25) is 4.98 Å². The topological polar surface area (TPSA) is 44.1 Å². The maximum Gasteiger partial charge on any atom is 0.340 e. The van der Waals surface area contributed by atoms with Gasteiger partial charge in [0, 0.05) is 45.1 Å². The number of esters is 1. The van der Waals surface area contributed by atoms with Crippen molar-refractivity contribution in [2.24, 2.45) is 0 Å². The summed E-state index contributed by atoms with van der Waals surface area (Å²) in [6.07, 6.45) is 3.54. The van der Waals surface area contributed by atoms with Gasteiger partial charge in [-0.05, 0) is 55.7 Å². The summed E-state index contributed by atoms with van der Waals surface area (Å²) in [5.74, 6) is -0.169. The van der Waals surface area contributed by atoms with E-state index in [-0.39, 0.29) is 11.9 Å². The van der Waals surface area contributed by atoms with E-state index in [1.165, 1.54) is 0 Å². The molecule has 0 unspecified atom stereocenters. The average molecular weight is 463 g/mol. The molecule has 0 aliphatic rings. The van der Waals surface area contributed by atoms with E-state index in [0.29, 0.717) is 28.8 Å². The van der Waals surface area contributed by atoms with Gasteiger partial charge in [0.1, 0.15) is 0 Å². The van der Waals surface area contributed by atoms with Crippen molar-refractivity contribution in [3.8, 4) is 0 Å². The Bertz CT molecular complexity index is 1030. The maximum atomic E-state index is 12.9. The molecule has 7 heteroatoms. The van der Waals surface area contributed by atoms with Crippen molar-refractivity contribution < 1.29 is 9.53 Å². The lowest BCUT2D eigenvalue weighted by atomic mass is 10.0. The third-order valence-electron chi connectivity index (χ3n) is 4.71. The minimum Gasteiger partial charge on any atom is -0.462 e. The van der Waals surface area contributed by atoms with Crippen LogP contribution in [0.1, 0.15) is 53.9 Å². The molecule has 3 aromatic rings. The second-order valence-electron chi connectivity index (χ2n) is 7.20. The van der Waals surface area contributed by atoms with Crippen LogP contribution in [0.3, 0.4) is 0 Å². The first-order chi connectivity index (χ1) is 14.3. The Kier molecular flexibility index (Phi) is 7.50. The second-order valence-corrected chi connectivity index (χ2v) is 9.14. The molecule has 0 aliphatic heterocycles. The molecular formula is C23H24Cl2N2O2S. The lowest BCUT2D eigenvalue weighted by Crippen LogP contribution is -2.09. The van der Waals surface area contributed by atoms with E-state index in [4.69, 9.17) is 27.9 Å². The van der Waals surface area contributed by atoms with Crippen molar-refractivity contribution in [2.75, 3.05) is 6.61 Å². The largest absolute Gasteiger partial charge is 0.462 e. The SMILES string of the molecule is CCOC(=O)c1c(C(C)C)c(Sc2cc(Cl)cc(Cl)c2)n(Cc2ccncc2)c1C. The number of carbonyl (C=O) groups is 1. The second kappa shape index (κ2) is 9.90. The fourth-order valence-corrected chi connectivity index (χ4v) is 5.41. The zero-order valence-corrected chi connectivity index (χ0v) is 19.7. The summed E-state index contributed by atoms with van der Waals surface area (Å²) >= 11 is 14.0. The van der Waals surface area contributed by atoms with Gasteiger partial charge in [-0.2, -0.15) is 0 Å². The Balaban J connectivity index is 2.19. The Hall–Kier alpha value is -1.95. The fraction of sp³-hybridized carbons (Fsp3) is 0.304. The Morgan fingerprint density at radius 1 is 1.17 bits per heavy atom. The Labute approximate surface area is 191 Å². The smallest absolute Gasteiger partial charge is 0.340 e. The Morgan fingerprint density at radius 2 is 1.80 bits per heavy atom. The van der Waals surface area contributed by atoms with E-state index in [2.05, 4.69) is 23.4 Å². The number of benzene rings is 1. The number of rotatable bonds is 7. The molecule has 0 saturated carbocycles. The van der Waals surface area contributed by atoms with E-state index in [1.807, 2.05) is 38.1 Å². The lowest BCUT2D eigenvalue weighted by molar-refractivity contribution is 0.0523. The summed E-state index contributed by atoms with van der Waals surface area (Å²) in [6.45, 7) is 8.91. The van der Waals surface area contributed by atoms with Crippen LogP contribution in [0, 0.1) is 6.92 Å². The number of halogens is 2. The van der Waals surface area contributed by atoms with E-state index < -0.39 is 0 Å². The van der Waals surface area contributed by atoms with Crippen molar-refractivity contribution in [3.63, 3.8) is 0 Å². The van der Waals surface area contributed by atoms with Crippen molar-refractivity contribution in [1.82, 2.24) is 9.55 Å². The minimum absolute atomic E-state index is 0.124. The molecule has 4 nitrogen and oxygen atoms in total. The predicted octanol–water partition coefficient (Wildman–Crippen LogP) is 7.00. The number of ether oxygens (including phenoxy) is 1. The van der Waals surface area contributed by atoms with E-state index >= 15 is 0 Å². The van der Waals surface area contributed by atoms with Crippen LogP contribution in [0.2, 0.25) is 10.0 Å². The molecule has 158 valence electrons. The molecule has 0 N–H and O–H groups in total. The molecule has 0 saturated heterocycles. The molecule has 30 heavy (non-hydrogen) atoms. The third-order valence-corrected chi connectivity index (χ3v) is 6.25. The quantitative estimate of drug-likeness (QED) is 0.354. The number of aromatic nitrogens is 2. The third kappa shape index (κ3) is 5.02. The van der Waals surface area contributed by atoms with E-state index in [1.54, 1.807) is 30.2 Å². The van der Waals surface area contributed by atoms with Gasteiger partial charge in [-0.1, -0.05) is 48.8 Å².